The van der Waals surface area contributed by atoms with Gasteiger partial charge in [-0.15, -0.1) is 0 Å². The van der Waals surface area contributed by atoms with Gasteiger partial charge >= 0.3 is 0 Å². The normalized spacial score (nSPS) is 10.9. The summed E-state index contributed by atoms with van der Waals surface area (Å²) < 4.78 is 6.93. The number of nitrogens with one attached hydrogen (secondary N) is 1. The van der Waals surface area contributed by atoms with Gasteiger partial charge in [0.1, 0.15) is 5.75 Å². The Hall–Kier alpha value is -1.06. The minimum Gasteiger partial charge on any atom is -0.494 e. The van der Waals surface area contributed by atoms with Crippen molar-refractivity contribution in [3.8, 4) is 5.75 Å². The molecule has 2 nitrogen and oxygen atoms in total. The van der Waals surface area contributed by atoms with E-state index in [0.717, 1.165) is 36.3 Å². The van der Waals surface area contributed by atoms with Crippen LogP contribution in [-0.2, 0) is 0 Å². The molecule has 20 heavy (non-hydrogen) atoms. The Morgan fingerprint density at radius 2 is 1.80 bits per heavy atom. The third-order valence-electron chi connectivity index (χ3n) is 3.29. The molecule has 0 atom stereocenters. The van der Waals surface area contributed by atoms with Crippen molar-refractivity contribution in [2.45, 2.75) is 26.2 Å². The van der Waals surface area contributed by atoms with Gasteiger partial charge in [-0.25, -0.2) is 0 Å². The molecule has 0 aliphatic rings. The molecule has 0 aliphatic carbocycles. The van der Waals surface area contributed by atoms with Gasteiger partial charge in [0.2, 0.25) is 0 Å². The van der Waals surface area contributed by atoms with E-state index in [9.17, 15) is 0 Å². The van der Waals surface area contributed by atoms with Gasteiger partial charge in [0.15, 0.2) is 0 Å². The summed E-state index contributed by atoms with van der Waals surface area (Å²) in [4.78, 5) is 0. The molecule has 0 aliphatic heterocycles. The molecule has 0 unspecified atom stereocenters. The highest BCUT2D eigenvalue weighted by molar-refractivity contribution is 9.10. The van der Waals surface area contributed by atoms with Crippen molar-refractivity contribution in [2.24, 2.45) is 0 Å². The average molecular weight is 336 g/mol. The first-order valence-corrected chi connectivity index (χ1v) is 8.12. The van der Waals surface area contributed by atoms with Crippen LogP contribution in [0.25, 0.3) is 10.8 Å². The minimum atomic E-state index is 0.800. The number of unbranched alkanes of at least 4 members (excludes halogenated alkanes) is 2. The topological polar surface area (TPSA) is 21.3 Å². The predicted octanol–water partition coefficient (Wildman–Crippen LogP) is 4.76. The molecule has 0 fully saturated rings. The highest BCUT2D eigenvalue weighted by atomic mass is 79.9. The van der Waals surface area contributed by atoms with Gasteiger partial charge in [0.05, 0.1) is 6.61 Å². The summed E-state index contributed by atoms with van der Waals surface area (Å²) in [7, 11) is 0. The van der Waals surface area contributed by atoms with Crippen molar-refractivity contribution in [2.75, 3.05) is 19.7 Å². The van der Waals surface area contributed by atoms with E-state index in [1.165, 1.54) is 23.6 Å². The molecule has 108 valence electrons. The number of ether oxygens (including phenoxy) is 1. The third kappa shape index (κ3) is 4.80. The van der Waals surface area contributed by atoms with E-state index in [0.29, 0.717) is 0 Å². The predicted molar refractivity (Wildman–Crippen MR) is 89.5 cm³/mol. The minimum absolute atomic E-state index is 0.800. The number of benzene rings is 2. The Bertz CT molecular complexity index is 542. The Morgan fingerprint density at radius 3 is 2.65 bits per heavy atom. The van der Waals surface area contributed by atoms with Crippen LogP contribution in [0, 0.1) is 0 Å². The fourth-order valence-corrected chi connectivity index (χ4v) is 2.56. The number of halogens is 1. The summed E-state index contributed by atoms with van der Waals surface area (Å²) in [5.41, 5.74) is 0. The van der Waals surface area contributed by atoms with Crippen molar-refractivity contribution in [3.05, 3.63) is 40.9 Å². The van der Waals surface area contributed by atoms with Gasteiger partial charge in [-0.05, 0) is 67.4 Å². The summed E-state index contributed by atoms with van der Waals surface area (Å²) in [5.74, 6) is 0.964. The van der Waals surface area contributed by atoms with E-state index in [1.54, 1.807) is 0 Å². The first-order chi connectivity index (χ1) is 9.79. The highest BCUT2D eigenvalue weighted by Gasteiger charge is 1.98. The van der Waals surface area contributed by atoms with Crippen molar-refractivity contribution in [1.82, 2.24) is 5.32 Å². The van der Waals surface area contributed by atoms with E-state index < -0.39 is 0 Å². The van der Waals surface area contributed by atoms with Gasteiger partial charge in [0.25, 0.3) is 0 Å². The van der Waals surface area contributed by atoms with Crippen LogP contribution in [0.15, 0.2) is 40.9 Å². The van der Waals surface area contributed by atoms with Crippen LogP contribution in [-0.4, -0.2) is 19.7 Å². The smallest absolute Gasteiger partial charge is 0.119 e. The maximum absolute atomic E-state index is 5.82. The zero-order valence-electron chi connectivity index (χ0n) is 12.0. The first kappa shape index (κ1) is 15.3. The second-order valence-corrected chi connectivity index (χ2v) is 5.83. The van der Waals surface area contributed by atoms with Crippen LogP contribution in [0.4, 0.5) is 0 Å². The molecule has 2 aromatic carbocycles. The Morgan fingerprint density at radius 1 is 1.00 bits per heavy atom. The lowest BCUT2D eigenvalue weighted by Crippen LogP contribution is -2.14. The molecule has 2 aromatic rings. The van der Waals surface area contributed by atoms with Crippen molar-refractivity contribution >= 4 is 26.7 Å². The third-order valence-corrected chi connectivity index (χ3v) is 3.78. The lowest BCUT2D eigenvalue weighted by molar-refractivity contribution is 0.305. The Balaban J connectivity index is 1.77. The van der Waals surface area contributed by atoms with Gasteiger partial charge in [0, 0.05) is 4.47 Å². The lowest BCUT2D eigenvalue weighted by atomic mass is 10.1. The zero-order valence-corrected chi connectivity index (χ0v) is 13.6. The largest absolute Gasteiger partial charge is 0.494 e. The van der Waals surface area contributed by atoms with Crippen LogP contribution >= 0.6 is 15.9 Å². The highest BCUT2D eigenvalue weighted by Crippen LogP contribution is 2.24. The fourth-order valence-electron chi connectivity index (χ4n) is 2.18. The second kappa shape index (κ2) is 8.28. The van der Waals surface area contributed by atoms with Crippen LogP contribution in [0.2, 0.25) is 0 Å². The molecule has 0 spiro atoms. The van der Waals surface area contributed by atoms with Gasteiger partial charge in [-0.2, -0.15) is 0 Å². The van der Waals surface area contributed by atoms with Gasteiger partial charge in [-0.1, -0.05) is 35.0 Å². The van der Waals surface area contributed by atoms with Crippen LogP contribution in [0.1, 0.15) is 26.2 Å². The molecule has 0 saturated heterocycles. The SMILES string of the molecule is CCNCCCCCOc1ccc2cc(Br)ccc2c1. The number of rotatable bonds is 8. The van der Waals surface area contributed by atoms with Crippen molar-refractivity contribution in [3.63, 3.8) is 0 Å². The maximum Gasteiger partial charge on any atom is 0.119 e. The summed E-state index contributed by atoms with van der Waals surface area (Å²) in [6.45, 7) is 5.11. The van der Waals surface area contributed by atoms with E-state index >= 15 is 0 Å². The summed E-state index contributed by atoms with van der Waals surface area (Å²) >= 11 is 3.49. The maximum atomic E-state index is 5.82. The number of hydrogen-bond acceptors (Lipinski definition) is 2. The standard InChI is InChI=1S/C17H22BrNO/c1-2-19-10-4-3-5-11-20-17-9-7-14-12-16(18)8-6-15(14)13-17/h6-9,12-13,19H,2-5,10-11H2,1H3. The molecule has 1 N–H and O–H groups in total. The molecular weight excluding hydrogens is 314 g/mol. The van der Waals surface area contributed by atoms with E-state index in [-0.39, 0.29) is 0 Å². The number of hydrogen-bond donors (Lipinski definition) is 1. The quantitative estimate of drug-likeness (QED) is 0.702. The van der Waals surface area contributed by atoms with E-state index in [2.05, 4.69) is 58.5 Å². The molecule has 3 heteroatoms. The summed E-state index contributed by atoms with van der Waals surface area (Å²) in [6.07, 6.45) is 3.56. The van der Waals surface area contributed by atoms with Crippen molar-refractivity contribution < 1.29 is 4.74 Å². The van der Waals surface area contributed by atoms with Crippen molar-refractivity contribution in [1.29, 1.82) is 0 Å². The molecule has 0 aromatic heterocycles. The van der Waals surface area contributed by atoms with Crippen LogP contribution < -0.4 is 10.1 Å². The van der Waals surface area contributed by atoms with Crippen LogP contribution in [0.5, 0.6) is 5.75 Å². The lowest BCUT2D eigenvalue weighted by Gasteiger charge is -2.08. The zero-order chi connectivity index (χ0) is 14.2. The average Bonchev–Trinajstić information content (AvgIpc) is 2.46. The summed E-state index contributed by atoms with van der Waals surface area (Å²) in [6, 6.07) is 12.6. The molecule has 0 saturated carbocycles. The molecule has 0 bridgehead atoms. The second-order valence-electron chi connectivity index (χ2n) is 4.92. The molecule has 0 radical (unpaired) electrons. The molecule has 0 amide bonds. The van der Waals surface area contributed by atoms with Crippen LogP contribution in [0.3, 0.4) is 0 Å². The first-order valence-electron chi connectivity index (χ1n) is 7.32. The molecule has 0 heterocycles. The Labute approximate surface area is 129 Å². The van der Waals surface area contributed by atoms with E-state index in [4.69, 9.17) is 4.74 Å². The fraction of sp³-hybridized carbons (Fsp3) is 0.412. The monoisotopic (exact) mass is 335 g/mol. The van der Waals surface area contributed by atoms with Gasteiger partial charge < -0.3 is 10.1 Å². The molecular formula is C17H22BrNO. The molecule has 2 rings (SSSR count). The Kier molecular flexibility index (Phi) is 6.34. The van der Waals surface area contributed by atoms with Gasteiger partial charge in [-0.3, -0.25) is 0 Å². The van der Waals surface area contributed by atoms with E-state index in [1.807, 2.05) is 6.07 Å². The summed E-state index contributed by atoms with van der Waals surface area (Å²) in [5, 5.41) is 5.79. The number of fused-ring (bicyclic) bond motifs is 1.